The molecule has 3 rings (SSSR count). The van der Waals surface area contributed by atoms with Crippen molar-refractivity contribution in [1.29, 1.82) is 0 Å². The normalized spacial score (nSPS) is 11.0. The number of imidazole rings is 1. The van der Waals surface area contributed by atoms with Gasteiger partial charge in [-0.05, 0) is 18.2 Å². The van der Waals surface area contributed by atoms with Gasteiger partial charge in [0.1, 0.15) is 5.82 Å². The summed E-state index contributed by atoms with van der Waals surface area (Å²) >= 11 is 0. The maximum absolute atomic E-state index is 13.7. The minimum atomic E-state index is -0.653. The molecular formula is C18H17FN4O3. The monoisotopic (exact) mass is 356 g/mol. The number of carbonyl (C=O) groups is 1. The highest BCUT2D eigenvalue weighted by Gasteiger charge is 2.19. The Balaban J connectivity index is 2.40. The van der Waals surface area contributed by atoms with Gasteiger partial charge in [-0.2, -0.15) is 0 Å². The molecule has 0 spiro atoms. The number of allylic oxidation sites excluding steroid dienone is 1. The molecular weight excluding hydrogens is 339 g/mol. The molecule has 2 heterocycles. The molecule has 0 N–H and O–H groups in total. The van der Waals surface area contributed by atoms with Gasteiger partial charge in [0, 0.05) is 13.0 Å². The van der Waals surface area contributed by atoms with E-state index in [0.29, 0.717) is 6.42 Å². The Kier molecular flexibility index (Phi) is 4.66. The van der Waals surface area contributed by atoms with Crippen LogP contribution in [0.2, 0.25) is 0 Å². The first kappa shape index (κ1) is 17.5. The summed E-state index contributed by atoms with van der Waals surface area (Å²) in [4.78, 5) is 41.6. The van der Waals surface area contributed by atoms with Crippen LogP contribution in [0.4, 0.5) is 4.39 Å². The molecule has 0 aliphatic rings. The molecule has 26 heavy (non-hydrogen) atoms. The van der Waals surface area contributed by atoms with Gasteiger partial charge in [0.15, 0.2) is 16.9 Å². The zero-order valence-corrected chi connectivity index (χ0v) is 14.2. The van der Waals surface area contributed by atoms with Crippen molar-refractivity contribution in [3.05, 3.63) is 69.9 Å². The molecule has 7 nitrogen and oxygen atoms in total. The number of hydrogen-bond acceptors (Lipinski definition) is 4. The molecule has 3 aromatic rings. The van der Waals surface area contributed by atoms with Crippen LogP contribution in [-0.2, 0) is 17.9 Å². The summed E-state index contributed by atoms with van der Waals surface area (Å²) in [5.41, 5.74) is -0.795. The molecule has 0 bridgehead atoms. The average molecular weight is 356 g/mol. The van der Waals surface area contributed by atoms with Crippen molar-refractivity contribution >= 4 is 16.9 Å². The summed E-state index contributed by atoms with van der Waals surface area (Å²) < 4.78 is 17.2. The number of Topliss-reactive ketones (excluding diaryl/α,β-unsaturated/α-hetero) is 1. The molecule has 0 aliphatic heterocycles. The van der Waals surface area contributed by atoms with E-state index in [1.807, 2.05) is 0 Å². The molecule has 1 aromatic carbocycles. The van der Waals surface area contributed by atoms with Crippen molar-refractivity contribution in [3.63, 3.8) is 0 Å². The number of aromatic nitrogens is 4. The Hall–Kier alpha value is -3.29. The topological polar surface area (TPSA) is 78.9 Å². The Morgan fingerprint density at radius 2 is 2.12 bits per heavy atom. The van der Waals surface area contributed by atoms with Crippen LogP contribution in [0, 0.1) is 5.82 Å². The van der Waals surface area contributed by atoms with Gasteiger partial charge >= 0.3 is 5.69 Å². The van der Waals surface area contributed by atoms with Crippen LogP contribution < -0.4 is 11.2 Å². The third-order valence-electron chi connectivity index (χ3n) is 4.02. The highest BCUT2D eigenvalue weighted by molar-refractivity contribution is 5.80. The number of halogens is 1. The summed E-state index contributed by atoms with van der Waals surface area (Å²) in [6.07, 6.45) is 3.07. The molecule has 8 heteroatoms. The number of fused-ring (bicyclic) bond motifs is 1. The number of rotatable bonds is 6. The third-order valence-corrected chi connectivity index (χ3v) is 4.02. The Labute approximate surface area is 147 Å². The van der Waals surface area contributed by atoms with Crippen LogP contribution in [0.1, 0.15) is 13.3 Å². The first-order valence-electron chi connectivity index (χ1n) is 8.07. The van der Waals surface area contributed by atoms with Crippen LogP contribution in [0.15, 0.2) is 52.8 Å². The lowest BCUT2D eigenvalue weighted by Gasteiger charge is -2.11. The lowest BCUT2D eigenvalue weighted by molar-refractivity contribution is -0.119. The number of benzene rings is 1. The number of carbonyl (C=O) groups excluding carboxylic acids is 1. The first-order valence-corrected chi connectivity index (χ1v) is 8.07. The standard InChI is InChI=1S/C18H17FN4O3/c1-3-8-22-17(25)15-16(20-11-21(15)10-14(24)4-2)23(18(22)26)13-7-5-6-12(19)9-13/h3,5-7,9,11H,1,4,8,10H2,2H3. The maximum Gasteiger partial charge on any atom is 0.337 e. The smallest absolute Gasteiger partial charge is 0.317 e. The van der Waals surface area contributed by atoms with Gasteiger partial charge in [0.25, 0.3) is 5.56 Å². The van der Waals surface area contributed by atoms with Gasteiger partial charge < -0.3 is 4.57 Å². The lowest BCUT2D eigenvalue weighted by atomic mass is 10.3. The third kappa shape index (κ3) is 2.90. The highest BCUT2D eigenvalue weighted by atomic mass is 19.1. The van der Waals surface area contributed by atoms with Gasteiger partial charge in [-0.25, -0.2) is 18.7 Å². The van der Waals surface area contributed by atoms with E-state index in [0.717, 1.165) is 9.13 Å². The minimum absolute atomic E-state index is 0.0180. The van der Waals surface area contributed by atoms with Gasteiger partial charge in [-0.15, -0.1) is 6.58 Å². The van der Waals surface area contributed by atoms with E-state index < -0.39 is 17.1 Å². The van der Waals surface area contributed by atoms with Crippen molar-refractivity contribution in [2.75, 3.05) is 0 Å². The minimum Gasteiger partial charge on any atom is -0.317 e. The van der Waals surface area contributed by atoms with Gasteiger partial charge in [-0.3, -0.25) is 14.2 Å². The molecule has 0 saturated carbocycles. The predicted molar refractivity (Wildman–Crippen MR) is 95.0 cm³/mol. The molecule has 0 radical (unpaired) electrons. The molecule has 0 fully saturated rings. The highest BCUT2D eigenvalue weighted by Crippen LogP contribution is 2.14. The van der Waals surface area contributed by atoms with E-state index in [1.165, 1.54) is 35.2 Å². The zero-order chi connectivity index (χ0) is 18.8. The van der Waals surface area contributed by atoms with Gasteiger partial charge in [0.05, 0.1) is 18.6 Å². The summed E-state index contributed by atoms with van der Waals surface area (Å²) in [6, 6.07) is 5.44. The molecule has 0 saturated heterocycles. The molecule has 0 unspecified atom stereocenters. The lowest BCUT2D eigenvalue weighted by Crippen LogP contribution is -2.40. The summed E-state index contributed by atoms with van der Waals surface area (Å²) in [7, 11) is 0. The first-order chi connectivity index (χ1) is 12.5. The second-order valence-corrected chi connectivity index (χ2v) is 5.74. The molecule has 2 aromatic heterocycles. The van der Waals surface area contributed by atoms with E-state index in [1.54, 1.807) is 13.0 Å². The fraction of sp³-hybridized carbons (Fsp3) is 0.222. The van der Waals surface area contributed by atoms with E-state index >= 15 is 0 Å². The van der Waals surface area contributed by atoms with Crippen LogP contribution in [-0.4, -0.2) is 24.5 Å². The van der Waals surface area contributed by atoms with E-state index in [9.17, 15) is 18.8 Å². The Bertz CT molecular complexity index is 1120. The van der Waals surface area contributed by atoms with Crippen molar-refractivity contribution in [3.8, 4) is 5.69 Å². The second-order valence-electron chi connectivity index (χ2n) is 5.74. The van der Waals surface area contributed by atoms with Crippen molar-refractivity contribution < 1.29 is 9.18 Å². The van der Waals surface area contributed by atoms with Crippen LogP contribution in [0.5, 0.6) is 0 Å². The molecule has 0 atom stereocenters. The SMILES string of the molecule is C=CCn1c(=O)c2c(ncn2CC(=O)CC)n(-c2cccc(F)c2)c1=O. The fourth-order valence-electron chi connectivity index (χ4n) is 2.74. The summed E-state index contributed by atoms with van der Waals surface area (Å²) in [5.74, 6) is -0.605. The van der Waals surface area contributed by atoms with Crippen LogP contribution >= 0.6 is 0 Å². The quantitative estimate of drug-likeness (QED) is 0.629. The summed E-state index contributed by atoms with van der Waals surface area (Å²) in [5, 5.41) is 0. The Morgan fingerprint density at radius 3 is 2.77 bits per heavy atom. The number of nitrogens with zero attached hydrogens (tertiary/aromatic N) is 4. The average Bonchev–Trinajstić information content (AvgIpc) is 3.02. The number of ketones is 1. The molecule has 0 amide bonds. The number of hydrogen-bond donors (Lipinski definition) is 0. The zero-order valence-electron chi connectivity index (χ0n) is 14.2. The van der Waals surface area contributed by atoms with Crippen molar-refractivity contribution in [2.24, 2.45) is 0 Å². The largest absolute Gasteiger partial charge is 0.337 e. The van der Waals surface area contributed by atoms with E-state index in [2.05, 4.69) is 11.6 Å². The predicted octanol–water partition coefficient (Wildman–Crippen LogP) is 1.65. The van der Waals surface area contributed by atoms with E-state index in [4.69, 9.17) is 0 Å². The van der Waals surface area contributed by atoms with E-state index in [-0.39, 0.29) is 35.7 Å². The van der Waals surface area contributed by atoms with Crippen molar-refractivity contribution in [1.82, 2.24) is 18.7 Å². The van der Waals surface area contributed by atoms with Crippen LogP contribution in [0.25, 0.3) is 16.9 Å². The van der Waals surface area contributed by atoms with Crippen molar-refractivity contribution in [2.45, 2.75) is 26.4 Å². The molecule has 0 aliphatic carbocycles. The Morgan fingerprint density at radius 1 is 1.35 bits per heavy atom. The fourth-order valence-corrected chi connectivity index (χ4v) is 2.74. The summed E-state index contributed by atoms with van der Waals surface area (Å²) in [6.45, 7) is 5.24. The second kappa shape index (κ2) is 6.91. The van der Waals surface area contributed by atoms with Crippen LogP contribution in [0.3, 0.4) is 0 Å². The van der Waals surface area contributed by atoms with Gasteiger partial charge in [-0.1, -0.05) is 19.1 Å². The maximum atomic E-state index is 13.7. The van der Waals surface area contributed by atoms with Gasteiger partial charge in [0.2, 0.25) is 0 Å². The molecule has 134 valence electrons.